The van der Waals surface area contributed by atoms with E-state index in [4.69, 9.17) is 5.73 Å². The summed E-state index contributed by atoms with van der Waals surface area (Å²) in [5.74, 6) is 1.78. The van der Waals surface area contributed by atoms with E-state index in [2.05, 4.69) is 40.9 Å². The molecule has 0 radical (unpaired) electrons. The molecule has 2 heterocycles. The lowest BCUT2D eigenvalue weighted by molar-refractivity contribution is 0.270. The second-order valence-electron chi connectivity index (χ2n) is 5.56. The maximum absolute atomic E-state index is 6.06. The number of guanidine groups is 1. The molecule has 1 fully saturated rings. The molecule has 1 aliphatic rings. The maximum Gasteiger partial charge on any atom is 0.191 e. The van der Waals surface area contributed by atoms with Crippen LogP contribution in [-0.2, 0) is 6.54 Å². The average molecular weight is 409 g/mol. The van der Waals surface area contributed by atoms with Crippen LogP contribution in [0.5, 0.6) is 0 Å². The van der Waals surface area contributed by atoms with Crippen molar-refractivity contribution in [2.45, 2.75) is 46.1 Å². The SMILES string of the molecule is CC1CCCN(C(N)=NCc2nnc(C(C)C)s2)C1.I. The maximum atomic E-state index is 6.06. The van der Waals surface area contributed by atoms with Gasteiger partial charge in [-0.3, -0.25) is 0 Å². The van der Waals surface area contributed by atoms with Gasteiger partial charge in [-0.2, -0.15) is 0 Å². The van der Waals surface area contributed by atoms with Crippen LogP contribution in [0.25, 0.3) is 0 Å². The van der Waals surface area contributed by atoms with Crippen molar-refractivity contribution < 1.29 is 0 Å². The lowest BCUT2D eigenvalue weighted by atomic mass is 10.0. The van der Waals surface area contributed by atoms with E-state index in [1.165, 1.54) is 12.8 Å². The van der Waals surface area contributed by atoms with Crippen molar-refractivity contribution in [3.8, 4) is 0 Å². The number of nitrogens with zero attached hydrogens (tertiary/aromatic N) is 4. The molecule has 1 aliphatic heterocycles. The van der Waals surface area contributed by atoms with Gasteiger partial charge in [0.05, 0.1) is 6.54 Å². The van der Waals surface area contributed by atoms with Crippen LogP contribution in [0.1, 0.15) is 49.5 Å². The topological polar surface area (TPSA) is 67.4 Å². The summed E-state index contributed by atoms with van der Waals surface area (Å²) < 4.78 is 0. The fraction of sp³-hybridized carbons (Fsp3) is 0.769. The van der Waals surface area contributed by atoms with Crippen molar-refractivity contribution in [2.75, 3.05) is 13.1 Å². The fourth-order valence-electron chi connectivity index (χ4n) is 2.21. The molecule has 2 N–H and O–H groups in total. The number of aliphatic imine (C=N–C) groups is 1. The van der Waals surface area contributed by atoms with Crippen molar-refractivity contribution >= 4 is 41.3 Å². The molecule has 2 rings (SSSR count). The Balaban J connectivity index is 0.00000200. The Morgan fingerprint density at radius 1 is 1.50 bits per heavy atom. The smallest absolute Gasteiger partial charge is 0.191 e. The summed E-state index contributed by atoms with van der Waals surface area (Å²) in [5.41, 5.74) is 6.06. The molecule has 1 aromatic heterocycles. The van der Waals surface area contributed by atoms with Gasteiger partial charge in [0.15, 0.2) is 5.96 Å². The third-order valence-electron chi connectivity index (χ3n) is 3.33. The van der Waals surface area contributed by atoms with Gasteiger partial charge in [-0.25, -0.2) is 4.99 Å². The summed E-state index contributed by atoms with van der Waals surface area (Å²) in [6.45, 7) is 9.09. The van der Waals surface area contributed by atoms with Crippen LogP contribution in [0.4, 0.5) is 0 Å². The van der Waals surface area contributed by atoms with E-state index in [1.54, 1.807) is 11.3 Å². The quantitative estimate of drug-likeness (QED) is 0.474. The minimum Gasteiger partial charge on any atom is -0.370 e. The summed E-state index contributed by atoms with van der Waals surface area (Å²) in [7, 11) is 0. The summed E-state index contributed by atoms with van der Waals surface area (Å²) in [6.07, 6.45) is 2.49. The molecule has 0 saturated carbocycles. The van der Waals surface area contributed by atoms with Crippen molar-refractivity contribution in [2.24, 2.45) is 16.6 Å². The predicted molar refractivity (Wildman–Crippen MR) is 94.7 cm³/mol. The number of hydrogen-bond acceptors (Lipinski definition) is 4. The summed E-state index contributed by atoms with van der Waals surface area (Å²) in [6, 6.07) is 0. The van der Waals surface area contributed by atoms with Gasteiger partial charge in [0.25, 0.3) is 0 Å². The van der Waals surface area contributed by atoms with Crippen LogP contribution in [0.15, 0.2) is 4.99 Å². The van der Waals surface area contributed by atoms with Gasteiger partial charge in [0.2, 0.25) is 0 Å². The second kappa shape index (κ2) is 8.11. The van der Waals surface area contributed by atoms with E-state index in [-0.39, 0.29) is 24.0 Å². The molecule has 20 heavy (non-hydrogen) atoms. The standard InChI is InChI=1S/C13H23N5S.HI/c1-9(2)12-17-16-11(19-12)7-15-13(14)18-6-4-5-10(3)8-18;/h9-10H,4-8H2,1-3H3,(H2,14,15);1H. The Bertz CT molecular complexity index is 446. The number of aromatic nitrogens is 2. The number of halogens is 1. The Morgan fingerprint density at radius 2 is 2.25 bits per heavy atom. The number of piperidine rings is 1. The highest BCUT2D eigenvalue weighted by atomic mass is 127. The van der Waals surface area contributed by atoms with Gasteiger partial charge < -0.3 is 10.6 Å². The van der Waals surface area contributed by atoms with Crippen molar-refractivity contribution in [1.82, 2.24) is 15.1 Å². The van der Waals surface area contributed by atoms with Gasteiger partial charge >= 0.3 is 0 Å². The van der Waals surface area contributed by atoms with Crippen LogP contribution in [0, 0.1) is 5.92 Å². The van der Waals surface area contributed by atoms with Crippen LogP contribution >= 0.6 is 35.3 Å². The first-order valence-electron chi connectivity index (χ1n) is 6.93. The Kier molecular flexibility index (Phi) is 7.14. The number of nitrogens with two attached hydrogens (primary N) is 1. The number of hydrogen-bond donors (Lipinski definition) is 1. The molecular weight excluding hydrogens is 385 g/mol. The van der Waals surface area contributed by atoms with Crippen LogP contribution in [0.2, 0.25) is 0 Å². The molecule has 1 aromatic rings. The Morgan fingerprint density at radius 3 is 2.85 bits per heavy atom. The zero-order valence-corrected chi connectivity index (χ0v) is 15.5. The van der Waals surface area contributed by atoms with Crippen molar-refractivity contribution in [3.05, 3.63) is 10.0 Å². The minimum atomic E-state index is 0. The molecule has 7 heteroatoms. The molecule has 5 nitrogen and oxygen atoms in total. The van der Waals surface area contributed by atoms with Gasteiger partial charge in [0, 0.05) is 19.0 Å². The molecule has 0 spiro atoms. The third-order valence-corrected chi connectivity index (χ3v) is 4.54. The fourth-order valence-corrected chi connectivity index (χ4v) is 2.98. The summed E-state index contributed by atoms with van der Waals surface area (Å²) in [4.78, 5) is 6.63. The molecule has 1 atom stereocenters. The Hall–Kier alpha value is -0.440. The van der Waals surface area contributed by atoms with Crippen LogP contribution in [-0.4, -0.2) is 34.1 Å². The molecule has 0 amide bonds. The first-order valence-corrected chi connectivity index (χ1v) is 7.75. The first-order chi connectivity index (χ1) is 9.06. The molecular formula is C13H24IN5S. The van der Waals surface area contributed by atoms with E-state index < -0.39 is 0 Å². The van der Waals surface area contributed by atoms with Gasteiger partial charge in [-0.1, -0.05) is 32.1 Å². The predicted octanol–water partition coefficient (Wildman–Crippen LogP) is 2.83. The van der Waals surface area contributed by atoms with Gasteiger partial charge in [-0.05, 0) is 18.8 Å². The van der Waals surface area contributed by atoms with Crippen molar-refractivity contribution in [1.29, 1.82) is 0 Å². The number of likely N-dealkylation sites (tertiary alicyclic amines) is 1. The minimum absolute atomic E-state index is 0. The largest absolute Gasteiger partial charge is 0.370 e. The van der Waals surface area contributed by atoms with Gasteiger partial charge in [-0.15, -0.1) is 34.2 Å². The molecule has 0 bridgehead atoms. The monoisotopic (exact) mass is 409 g/mol. The van der Waals surface area contributed by atoms with E-state index in [0.717, 1.165) is 23.1 Å². The molecule has 0 aliphatic carbocycles. The van der Waals surface area contributed by atoms with Crippen LogP contribution in [0.3, 0.4) is 0 Å². The molecule has 0 aromatic carbocycles. The summed E-state index contributed by atoms with van der Waals surface area (Å²) >= 11 is 1.63. The normalized spacial score (nSPS) is 20.1. The lowest BCUT2D eigenvalue weighted by Gasteiger charge is -2.31. The molecule has 1 saturated heterocycles. The lowest BCUT2D eigenvalue weighted by Crippen LogP contribution is -2.43. The second-order valence-corrected chi connectivity index (χ2v) is 6.65. The Labute approximate surface area is 142 Å². The third kappa shape index (κ3) is 4.83. The highest BCUT2D eigenvalue weighted by molar-refractivity contribution is 14.0. The highest BCUT2D eigenvalue weighted by Gasteiger charge is 2.17. The molecule has 1 unspecified atom stereocenters. The van der Waals surface area contributed by atoms with E-state index in [9.17, 15) is 0 Å². The zero-order valence-electron chi connectivity index (χ0n) is 12.4. The summed E-state index contributed by atoms with van der Waals surface area (Å²) in [5, 5.41) is 10.3. The molecule has 114 valence electrons. The van der Waals surface area contributed by atoms with E-state index in [1.807, 2.05) is 0 Å². The van der Waals surface area contributed by atoms with E-state index >= 15 is 0 Å². The number of rotatable bonds is 3. The van der Waals surface area contributed by atoms with E-state index in [0.29, 0.717) is 24.3 Å². The van der Waals surface area contributed by atoms with Crippen molar-refractivity contribution in [3.63, 3.8) is 0 Å². The highest BCUT2D eigenvalue weighted by Crippen LogP contribution is 2.19. The van der Waals surface area contributed by atoms with Crippen LogP contribution < -0.4 is 5.73 Å². The zero-order chi connectivity index (χ0) is 13.8. The first kappa shape index (κ1) is 17.6. The van der Waals surface area contributed by atoms with Gasteiger partial charge in [0.1, 0.15) is 10.0 Å². The average Bonchev–Trinajstić information content (AvgIpc) is 2.85.